The van der Waals surface area contributed by atoms with E-state index in [1.807, 2.05) is 47.4 Å². The Bertz CT molecular complexity index is 621. The predicted octanol–water partition coefficient (Wildman–Crippen LogP) is 1.89. The van der Waals surface area contributed by atoms with Crippen molar-refractivity contribution in [2.24, 2.45) is 0 Å². The summed E-state index contributed by atoms with van der Waals surface area (Å²) in [7, 11) is 0. The second kappa shape index (κ2) is 7.78. The first-order chi connectivity index (χ1) is 11.3. The quantitative estimate of drug-likeness (QED) is 0.885. The summed E-state index contributed by atoms with van der Waals surface area (Å²) in [6, 6.07) is 10.1. The fourth-order valence-corrected chi connectivity index (χ4v) is 2.61. The minimum Gasteiger partial charge on any atom is -0.381 e. The van der Waals surface area contributed by atoms with Crippen molar-refractivity contribution in [3.05, 3.63) is 48.3 Å². The molecule has 1 aliphatic heterocycles. The van der Waals surface area contributed by atoms with Crippen LogP contribution in [-0.2, 0) is 11.2 Å². The Kier molecular flexibility index (Phi) is 5.26. The van der Waals surface area contributed by atoms with Crippen molar-refractivity contribution in [2.45, 2.75) is 25.3 Å². The van der Waals surface area contributed by atoms with E-state index in [2.05, 4.69) is 15.7 Å². The number of amides is 2. The number of nitrogens with zero attached hydrogens (tertiary/aromatic N) is 2. The maximum Gasteiger partial charge on any atom is 0.315 e. The number of benzene rings is 1. The number of carbonyl (C=O) groups is 1. The monoisotopic (exact) mass is 314 g/mol. The van der Waals surface area contributed by atoms with E-state index in [0.29, 0.717) is 6.54 Å². The average molecular weight is 314 g/mol. The molecule has 2 N–H and O–H groups in total. The standard InChI is InChI=1S/C17H22N4O2/c22-17(20-15-7-10-23-11-8-15)18-9-6-14-12-19-21(13-14)16-4-2-1-3-5-16/h1-5,12-13,15H,6-11H2,(H2,18,20,22). The molecule has 6 nitrogen and oxygen atoms in total. The summed E-state index contributed by atoms with van der Waals surface area (Å²) in [5, 5.41) is 10.2. The summed E-state index contributed by atoms with van der Waals surface area (Å²) in [6.07, 6.45) is 6.36. The van der Waals surface area contributed by atoms with Crippen LogP contribution in [0.3, 0.4) is 0 Å². The minimum atomic E-state index is -0.104. The highest BCUT2D eigenvalue weighted by molar-refractivity contribution is 5.74. The molecule has 2 heterocycles. The Morgan fingerprint density at radius 3 is 2.83 bits per heavy atom. The maximum atomic E-state index is 11.8. The lowest BCUT2D eigenvalue weighted by atomic mass is 10.1. The zero-order chi connectivity index (χ0) is 15.9. The molecule has 2 amide bonds. The number of nitrogens with one attached hydrogen (secondary N) is 2. The van der Waals surface area contributed by atoms with Gasteiger partial charge >= 0.3 is 6.03 Å². The number of aromatic nitrogens is 2. The van der Waals surface area contributed by atoms with Crippen LogP contribution >= 0.6 is 0 Å². The maximum absolute atomic E-state index is 11.8. The highest BCUT2D eigenvalue weighted by Gasteiger charge is 2.15. The predicted molar refractivity (Wildman–Crippen MR) is 87.6 cm³/mol. The molecule has 0 atom stereocenters. The van der Waals surface area contributed by atoms with E-state index < -0.39 is 0 Å². The number of para-hydroxylation sites is 1. The molecule has 23 heavy (non-hydrogen) atoms. The lowest BCUT2D eigenvalue weighted by Crippen LogP contribution is -2.44. The third-order valence-corrected chi connectivity index (χ3v) is 3.91. The van der Waals surface area contributed by atoms with Crippen molar-refractivity contribution in [1.82, 2.24) is 20.4 Å². The Hall–Kier alpha value is -2.34. The first-order valence-corrected chi connectivity index (χ1v) is 8.02. The van der Waals surface area contributed by atoms with Crippen LogP contribution in [-0.4, -0.2) is 41.6 Å². The van der Waals surface area contributed by atoms with Crippen LogP contribution in [0.15, 0.2) is 42.7 Å². The lowest BCUT2D eigenvalue weighted by Gasteiger charge is -2.23. The van der Waals surface area contributed by atoms with E-state index >= 15 is 0 Å². The second-order valence-corrected chi connectivity index (χ2v) is 5.67. The molecule has 6 heteroatoms. The molecule has 0 saturated carbocycles. The average Bonchev–Trinajstić information content (AvgIpc) is 3.05. The Morgan fingerprint density at radius 2 is 2.04 bits per heavy atom. The van der Waals surface area contributed by atoms with Crippen LogP contribution in [0, 0.1) is 0 Å². The molecule has 1 fully saturated rings. The van der Waals surface area contributed by atoms with Crippen LogP contribution in [0.4, 0.5) is 4.79 Å². The van der Waals surface area contributed by atoms with Crippen molar-refractivity contribution in [3.63, 3.8) is 0 Å². The number of rotatable bonds is 5. The van der Waals surface area contributed by atoms with Crippen LogP contribution in [0.25, 0.3) is 5.69 Å². The van der Waals surface area contributed by atoms with Gasteiger partial charge in [0.05, 0.1) is 11.9 Å². The molecule has 122 valence electrons. The zero-order valence-corrected chi connectivity index (χ0v) is 13.1. The van der Waals surface area contributed by atoms with Crippen LogP contribution < -0.4 is 10.6 Å². The van der Waals surface area contributed by atoms with Crippen molar-refractivity contribution < 1.29 is 9.53 Å². The molecule has 0 aliphatic carbocycles. The van der Waals surface area contributed by atoms with Crippen molar-refractivity contribution in [1.29, 1.82) is 0 Å². The number of hydrogen-bond acceptors (Lipinski definition) is 3. The Morgan fingerprint density at radius 1 is 1.26 bits per heavy atom. The largest absolute Gasteiger partial charge is 0.381 e. The molecule has 1 aliphatic rings. The van der Waals surface area contributed by atoms with Gasteiger partial charge in [0.15, 0.2) is 0 Å². The SMILES string of the molecule is O=C(NCCc1cnn(-c2ccccc2)c1)NC1CCOCC1. The van der Waals surface area contributed by atoms with Crippen LogP contribution in [0.1, 0.15) is 18.4 Å². The van der Waals surface area contributed by atoms with Gasteiger partial charge in [-0.05, 0) is 37.0 Å². The van der Waals surface area contributed by atoms with Crippen molar-refractivity contribution in [3.8, 4) is 5.69 Å². The van der Waals surface area contributed by atoms with Gasteiger partial charge in [0.2, 0.25) is 0 Å². The third-order valence-electron chi connectivity index (χ3n) is 3.91. The summed E-state index contributed by atoms with van der Waals surface area (Å²) < 4.78 is 7.12. The molecule has 0 spiro atoms. The van der Waals surface area contributed by atoms with E-state index in [0.717, 1.165) is 43.7 Å². The lowest BCUT2D eigenvalue weighted by molar-refractivity contribution is 0.0801. The van der Waals surface area contributed by atoms with Crippen molar-refractivity contribution >= 4 is 6.03 Å². The highest BCUT2D eigenvalue weighted by Crippen LogP contribution is 2.08. The summed E-state index contributed by atoms with van der Waals surface area (Å²) in [6.45, 7) is 2.04. The van der Waals surface area contributed by atoms with Gasteiger partial charge in [-0.1, -0.05) is 18.2 Å². The van der Waals surface area contributed by atoms with Gasteiger partial charge in [-0.15, -0.1) is 0 Å². The van der Waals surface area contributed by atoms with Crippen molar-refractivity contribution in [2.75, 3.05) is 19.8 Å². The number of hydrogen-bond donors (Lipinski definition) is 2. The summed E-state index contributed by atoms with van der Waals surface area (Å²) in [4.78, 5) is 11.8. The molecule has 1 aromatic heterocycles. The van der Waals surface area contributed by atoms with E-state index in [4.69, 9.17) is 4.74 Å². The van der Waals surface area contributed by atoms with Gasteiger partial charge in [-0.25, -0.2) is 9.48 Å². The molecule has 2 aromatic rings. The number of urea groups is 1. The molecule has 0 radical (unpaired) electrons. The van der Waals surface area contributed by atoms with E-state index in [9.17, 15) is 4.79 Å². The molecular formula is C17H22N4O2. The molecule has 1 saturated heterocycles. The fourth-order valence-electron chi connectivity index (χ4n) is 2.61. The smallest absolute Gasteiger partial charge is 0.315 e. The van der Waals surface area contributed by atoms with Gasteiger partial charge < -0.3 is 15.4 Å². The van der Waals surface area contributed by atoms with Crippen LogP contribution in [0.2, 0.25) is 0 Å². The summed E-state index contributed by atoms with van der Waals surface area (Å²) in [5.74, 6) is 0. The zero-order valence-electron chi connectivity index (χ0n) is 13.1. The van der Waals surface area contributed by atoms with E-state index in [-0.39, 0.29) is 12.1 Å². The van der Waals surface area contributed by atoms with Gasteiger partial charge in [-0.3, -0.25) is 0 Å². The normalized spacial score (nSPS) is 15.3. The fraction of sp³-hybridized carbons (Fsp3) is 0.412. The van der Waals surface area contributed by atoms with Gasteiger partial charge in [0.1, 0.15) is 0 Å². The topological polar surface area (TPSA) is 68.2 Å². The minimum absolute atomic E-state index is 0.104. The summed E-state index contributed by atoms with van der Waals surface area (Å²) in [5.41, 5.74) is 2.13. The van der Waals surface area contributed by atoms with Gasteiger partial charge in [0, 0.05) is 32.0 Å². The molecule has 3 rings (SSSR count). The van der Waals surface area contributed by atoms with E-state index in [1.54, 1.807) is 0 Å². The molecule has 0 bridgehead atoms. The van der Waals surface area contributed by atoms with Gasteiger partial charge in [-0.2, -0.15) is 5.10 Å². The molecular weight excluding hydrogens is 292 g/mol. The van der Waals surface area contributed by atoms with Gasteiger partial charge in [0.25, 0.3) is 0 Å². The van der Waals surface area contributed by atoms with Crippen LogP contribution in [0.5, 0.6) is 0 Å². The molecule has 1 aromatic carbocycles. The Labute approximate surface area is 135 Å². The first kappa shape index (κ1) is 15.6. The number of ether oxygens (including phenoxy) is 1. The number of carbonyl (C=O) groups excluding carboxylic acids is 1. The van der Waals surface area contributed by atoms with E-state index in [1.165, 1.54) is 0 Å². The second-order valence-electron chi connectivity index (χ2n) is 5.67. The summed E-state index contributed by atoms with van der Waals surface area (Å²) >= 11 is 0. The highest BCUT2D eigenvalue weighted by atomic mass is 16.5. The Balaban J connectivity index is 1.42. The third kappa shape index (κ3) is 4.56. The molecule has 0 unspecified atom stereocenters. The first-order valence-electron chi connectivity index (χ1n) is 8.02.